The van der Waals surface area contributed by atoms with Gasteiger partial charge in [-0.25, -0.2) is 0 Å². The zero-order valence-electron chi connectivity index (χ0n) is 7.95. The van der Waals surface area contributed by atoms with E-state index in [2.05, 4.69) is 13.8 Å². The minimum absolute atomic E-state index is 0.402. The lowest BCUT2D eigenvalue weighted by atomic mass is 9.78. The fourth-order valence-electron chi connectivity index (χ4n) is 2.49. The van der Waals surface area contributed by atoms with Crippen LogP contribution in [-0.4, -0.2) is 19.0 Å². The molecule has 0 spiro atoms. The summed E-state index contributed by atoms with van der Waals surface area (Å²) in [5.74, 6) is 1.46. The van der Waals surface area contributed by atoms with E-state index in [9.17, 15) is 0 Å². The van der Waals surface area contributed by atoms with Crippen LogP contribution in [0.25, 0.3) is 0 Å². The summed E-state index contributed by atoms with van der Waals surface area (Å²) < 4.78 is 11.1. The van der Waals surface area contributed by atoms with Crippen LogP contribution in [0.5, 0.6) is 0 Å². The molecular weight excluding hydrogens is 152 g/mol. The van der Waals surface area contributed by atoms with Gasteiger partial charge in [-0.15, -0.1) is 0 Å². The third kappa shape index (κ3) is 1.38. The van der Waals surface area contributed by atoms with Gasteiger partial charge in [-0.1, -0.05) is 20.3 Å². The molecule has 1 aliphatic carbocycles. The summed E-state index contributed by atoms with van der Waals surface area (Å²) in [4.78, 5) is 0. The van der Waals surface area contributed by atoms with E-state index in [4.69, 9.17) is 9.47 Å². The molecule has 1 heterocycles. The Morgan fingerprint density at radius 3 is 2.75 bits per heavy atom. The van der Waals surface area contributed by atoms with E-state index in [1.165, 1.54) is 19.3 Å². The molecule has 0 N–H and O–H groups in total. The van der Waals surface area contributed by atoms with Crippen molar-refractivity contribution < 1.29 is 9.47 Å². The van der Waals surface area contributed by atoms with Gasteiger partial charge in [0.05, 0.1) is 12.2 Å². The van der Waals surface area contributed by atoms with E-state index < -0.39 is 0 Å². The van der Waals surface area contributed by atoms with E-state index in [0.29, 0.717) is 19.0 Å². The molecule has 70 valence electrons. The number of hydrogen-bond donors (Lipinski definition) is 0. The first-order chi connectivity index (χ1) is 5.79. The Hall–Kier alpha value is -0.0800. The Kier molecular flexibility index (Phi) is 2.37. The minimum Gasteiger partial charge on any atom is -0.349 e. The third-order valence-electron chi connectivity index (χ3n) is 3.21. The standard InChI is InChI=1S/C10H18O2/c1-7(2)8-4-3-5-9-10(8)12-6-11-9/h7-10H,3-6H2,1-2H3. The predicted molar refractivity (Wildman–Crippen MR) is 46.8 cm³/mol. The topological polar surface area (TPSA) is 18.5 Å². The quantitative estimate of drug-likeness (QED) is 0.600. The molecule has 2 rings (SSSR count). The summed E-state index contributed by atoms with van der Waals surface area (Å²) in [6, 6.07) is 0. The fraction of sp³-hybridized carbons (Fsp3) is 1.00. The molecule has 1 aliphatic heterocycles. The minimum atomic E-state index is 0.402. The van der Waals surface area contributed by atoms with Gasteiger partial charge in [-0.3, -0.25) is 0 Å². The molecule has 0 aromatic rings. The third-order valence-corrected chi connectivity index (χ3v) is 3.21. The highest BCUT2D eigenvalue weighted by Gasteiger charge is 2.39. The van der Waals surface area contributed by atoms with Crippen LogP contribution in [-0.2, 0) is 9.47 Å². The Morgan fingerprint density at radius 1 is 1.17 bits per heavy atom. The first-order valence-electron chi connectivity index (χ1n) is 5.02. The summed E-state index contributed by atoms with van der Waals surface area (Å²) in [7, 11) is 0. The second-order valence-corrected chi connectivity index (χ2v) is 4.29. The molecule has 0 aromatic heterocycles. The normalized spacial score (nSPS) is 41.8. The molecule has 12 heavy (non-hydrogen) atoms. The lowest BCUT2D eigenvalue weighted by Crippen LogP contribution is -2.37. The monoisotopic (exact) mass is 170 g/mol. The van der Waals surface area contributed by atoms with Crippen molar-refractivity contribution in [2.75, 3.05) is 6.79 Å². The molecule has 0 amide bonds. The van der Waals surface area contributed by atoms with E-state index in [0.717, 1.165) is 11.8 Å². The van der Waals surface area contributed by atoms with Crippen molar-refractivity contribution in [2.24, 2.45) is 11.8 Å². The van der Waals surface area contributed by atoms with Gasteiger partial charge in [0.25, 0.3) is 0 Å². The summed E-state index contributed by atoms with van der Waals surface area (Å²) in [5, 5.41) is 0. The smallest absolute Gasteiger partial charge is 0.147 e. The lowest BCUT2D eigenvalue weighted by Gasteiger charge is -2.33. The summed E-state index contributed by atoms with van der Waals surface area (Å²) >= 11 is 0. The second kappa shape index (κ2) is 3.35. The van der Waals surface area contributed by atoms with Crippen molar-refractivity contribution in [3.63, 3.8) is 0 Å². The van der Waals surface area contributed by atoms with Gasteiger partial charge in [0, 0.05) is 0 Å². The summed E-state index contributed by atoms with van der Waals surface area (Å²) in [5.41, 5.74) is 0. The first-order valence-corrected chi connectivity index (χ1v) is 5.02. The summed E-state index contributed by atoms with van der Waals surface area (Å²) in [6.45, 7) is 5.10. The zero-order valence-corrected chi connectivity index (χ0v) is 7.95. The fourth-order valence-corrected chi connectivity index (χ4v) is 2.49. The Balaban J connectivity index is 2.03. The molecule has 2 heteroatoms. The van der Waals surface area contributed by atoms with E-state index >= 15 is 0 Å². The number of rotatable bonds is 1. The Morgan fingerprint density at radius 2 is 2.00 bits per heavy atom. The molecule has 2 fully saturated rings. The van der Waals surface area contributed by atoms with Crippen molar-refractivity contribution in [1.82, 2.24) is 0 Å². The highest BCUT2D eigenvalue weighted by molar-refractivity contribution is 4.87. The van der Waals surface area contributed by atoms with Crippen LogP contribution >= 0.6 is 0 Å². The molecular formula is C10H18O2. The molecule has 3 atom stereocenters. The molecule has 0 radical (unpaired) electrons. The van der Waals surface area contributed by atoms with Gasteiger partial charge in [-0.2, -0.15) is 0 Å². The van der Waals surface area contributed by atoms with Crippen LogP contribution in [0.15, 0.2) is 0 Å². The van der Waals surface area contributed by atoms with E-state index in [1.807, 2.05) is 0 Å². The molecule has 1 saturated carbocycles. The second-order valence-electron chi connectivity index (χ2n) is 4.29. The Labute approximate surface area is 74.2 Å². The highest BCUT2D eigenvalue weighted by Crippen LogP contribution is 2.36. The molecule has 3 unspecified atom stereocenters. The molecule has 0 bridgehead atoms. The van der Waals surface area contributed by atoms with Crippen LogP contribution in [0, 0.1) is 11.8 Å². The van der Waals surface area contributed by atoms with Crippen LogP contribution in [0.1, 0.15) is 33.1 Å². The van der Waals surface area contributed by atoms with Crippen molar-refractivity contribution in [3.8, 4) is 0 Å². The van der Waals surface area contributed by atoms with Crippen LogP contribution in [0.3, 0.4) is 0 Å². The largest absolute Gasteiger partial charge is 0.349 e. The van der Waals surface area contributed by atoms with Crippen LogP contribution in [0.4, 0.5) is 0 Å². The maximum atomic E-state index is 5.61. The number of fused-ring (bicyclic) bond motifs is 1. The van der Waals surface area contributed by atoms with E-state index in [-0.39, 0.29) is 0 Å². The lowest BCUT2D eigenvalue weighted by molar-refractivity contribution is 0.0143. The SMILES string of the molecule is CC(C)C1CCCC2OCOC21. The van der Waals surface area contributed by atoms with Crippen molar-refractivity contribution in [3.05, 3.63) is 0 Å². The molecule has 2 nitrogen and oxygen atoms in total. The summed E-state index contributed by atoms with van der Waals surface area (Å²) in [6.07, 6.45) is 4.65. The van der Waals surface area contributed by atoms with Crippen LogP contribution in [0.2, 0.25) is 0 Å². The maximum absolute atomic E-state index is 5.61. The van der Waals surface area contributed by atoms with Gasteiger partial charge in [0.2, 0.25) is 0 Å². The van der Waals surface area contributed by atoms with E-state index in [1.54, 1.807) is 0 Å². The van der Waals surface area contributed by atoms with Crippen LogP contribution < -0.4 is 0 Å². The molecule has 0 aromatic carbocycles. The predicted octanol–water partition coefficient (Wildman–Crippen LogP) is 2.18. The maximum Gasteiger partial charge on any atom is 0.147 e. The van der Waals surface area contributed by atoms with Gasteiger partial charge >= 0.3 is 0 Å². The van der Waals surface area contributed by atoms with Crippen molar-refractivity contribution in [1.29, 1.82) is 0 Å². The van der Waals surface area contributed by atoms with Gasteiger partial charge in [-0.05, 0) is 24.7 Å². The van der Waals surface area contributed by atoms with Gasteiger partial charge in [0.15, 0.2) is 0 Å². The number of hydrogen-bond acceptors (Lipinski definition) is 2. The zero-order chi connectivity index (χ0) is 8.55. The average Bonchev–Trinajstić information content (AvgIpc) is 2.49. The van der Waals surface area contributed by atoms with Gasteiger partial charge < -0.3 is 9.47 Å². The molecule has 2 aliphatic rings. The average molecular weight is 170 g/mol. The Bertz CT molecular complexity index is 156. The highest BCUT2D eigenvalue weighted by atomic mass is 16.7. The van der Waals surface area contributed by atoms with Crippen molar-refractivity contribution >= 4 is 0 Å². The first kappa shape index (κ1) is 8.52. The molecule has 1 saturated heterocycles. The number of ether oxygens (including phenoxy) is 2. The van der Waals surface area contributed by atoms with Gasteiger partial charge in [0.1, 0.15) is 6.79 Å². The van der Waals surface area contributed by atoms with Crippen molar-refractivity contribution in [2.45, 2.75) is 45.3 Å².